The van der Waals surface area contributed by atoms with E-state index in [-0.39, 0.29) is 31.0 Å². The summed E-state index contributed by atoms with van der Waals surface area (Å²) in [4.78, 5) is 29.5. The van der Waals surface area contributed by atoms with Gasteiger partial charge in [0.25, 0.3) is 5.91 Å². The highest BCUT2D eigenvalue weighted by molar-refractivity contribution is 5.96. The number of carbonyl (C=O) groups excluding carboxylic acids is 1. The lowest BCUT2D eigenvalue weighted by Crippen LogP contribution is -2.66. The number of halogens is 2. The van der Waals surface area contributed by atoms with E-state index in [0.717, 1.165) is 17.3 Å². The normalized spacial score (nSPS) is 24.1. The number of para-hydroxylation sites is 1. The topological polar surface area (TPSA) is 87.5 Å². The SMILES string of the molecule is O=C1c2c(O)c(=O)ccn2N(C2c3ccccc3N3CCOCC3c3c2ccc(F)c3F)C2COCCN12. The van der Waals surface area contributed by atoms with Gasteiger partial charge in [-0.05, 0) is 17.7 Å². The molecule has 5 heterocycles. The van der Waals surface area contributed by atoms with Crippen LogP contribution in [0.5, 0.6) is 5.75 Å². The average Bonchev–Trinajstić information content (AvgIpc) is 3.06. The molecule has 2 fully saturated rings. The van der Waals surface area contributed by atoms with Crippen molar-refractivity contribution in [1.29, 1.82) is 0 Å². The molecule has 4 aliphatic rings. The molecule has 1 amide bonds. The molecule has 38 heavy (non-hydrogen) atoms. The summed E-state index contributed by atoms with van der Waals surface area (Å²) in [5, 5.41) is 12.6. The smallest absolute Gasteiger partial charge is 0.278 e. The Balaban J connectivity index is 1.56. The van der Waals surface area contributed by atoms with Crippen molar-refractivity contribution in [1.82, 2.24) is 9.58 Å². The number of hydrogen-bond acceptors (Lipinski definition) is 7. The lowest BCUT2D eigenvalue weighted by Gasteiger charge is -2.51. The van der Waals surface area contributed by atoms with E-state index < -0.39 is 47.0 Å². The summed E-state index contributed by atoms with van der Waals surface area (Å²) in [5.41, 5.74) is 1.45. The zero-order valence-corrected chi connectivity index (χ0v) is 20.2. The first-order valence-electron chi connectivity index (χ1n) is 12.5. The Kier molecular flexibility index (Phi) is 5.21. The Morgan fingerprint density at radius 2 is 1.66 bits per heavy atom. The molecule has 0 spiro atoms. The summed E-state index contributed by atoms with van der Waals surface area (Å²) in [5.74, 6) is -3.07. The van der Waals surface area contributed by atoms with Crippen molar-refractivity contribution in [2.24, 2.45) is 0 Å². The molecule has 9 nitrogen and oxygen atoms in total. The number of hydrogen-bond donors (Lipinski definition) is 1. The number of nitrogens with zero attached hydrogens (tertiary/aromatic N) is 4. The first kappa shape index (κ1) is 23.2. The van der Waals surface area contributed by atoms with Gasteiger partial charge in [0, 0.05) is 42.2 Å². The van der Waals surface area contributed by atoms with Crippen molar-refractivity contribution in [3.8, 4) is 5.75 Å². The molecule has 0 saturated carbocycles. The quantitative estimate of drug-likeness (QED) is 0.525. The van der Waals surface area contributed by atoms with Crippen molar-refractivity contribution in [2.45, 2.75) is 18.2 Å². The molecule has 3 unspecified atom stereocenters. The van der Waals surface area contributed by atoms with Crippen molar-refractivity contribution < 1.29 is 28.2 Å². The summed E-state index contributed by atoms with van der Waals surface area (Å²) < 4.78 is 43.5. The molecule has 0 aliphatic carbocycles. The molecular weight excluding hydrogens is 498 g/mol. The minimum Gasteiger partial charge on any atom is -0.502 e. The van der Waals surface area contributed by atoms with Gasteiger partial charge in [0.05, 0.1) is 32.5 Å². The number of aromatic hydroxyl groups is 1. The number of ether oxygens (including phenoxy) is 2. The van der Waals surface area contributed by atoms with Crippen molar-refractivity contribution in [2.75, 3.05) is 49.4 Å². The van der Waals surface area contributed by atoms with Crippen LogP contribution in [0.4, 0.5) is 14.5 Å². The van der Waals surface area contributed by atoms with Crippen molar-refractivity contribution in [3.05, 3.63) is 92.9 Å². The first-order valence-corrected chi connectivity index (χ1v) is 12.5. The van der Waals surface area contributed by atoms with Gasteiger partial charge >= 0.3 is 0 Å². The average molecular weight is 523 g/mol. The van der Waals surface area contributed by atoms with Crippen LogP contribution in [-0.4, -0.2) is 66.3 Å². The van der Waals surface area contributed by atoms with E-state index in [2.05, 4.69) is 0 Å². The Morgan fingerprint density at radius 1 is 0.895 bits per heavy atom. The highest BCUT2D eigenvalue weighted by Crippen LogP contribution is 2.48. The van der Waals surface area contributed by atoms with Gasteiger partial charge < -0.3 is 24.4 Å². The monoisotopic (exact) mass is 522 g/mol. The van der Waals surface area contributed by atoms with Gasteiger partial charge in [-0.3, -0.25) is 19.3 Å². The molecule has 1 aromatic heterocycles. The largest absolute Gasteiger partial charge is 0.502 e. The molecule has 2 aromatic carbocycles. The van der Waals surface area contributed by atoms with Crippen LogP contribution in [0, 0.1) is 11.6 Å². The molecule has 3 aromatic rings. The molecule has 7 rings (SSSR count). The second-order valence-corrected chi connectivity index (χ2v) is 9.77. The van der Waals surface area contributed by atoms with Crippen molar-refractivity contribution in [3.63, 3.8) is 0 Å². The molecule has 196 valence electrons. The van der Waals surface area contributed by atoms with Gasteiger partial charge in [0.1, 0.15) is 12.2 Å². The fourth-order valence-corrected chi connectivity index (χ4v) is 6.25. The number of morpholine rings is 2. The van der Waals surface area contributed by atoms with E-state index in [9.17, 15) is 19.1 Å². The number of fused-ring (bicyclic) bond motifs is 7. The third kappa shape index (κ3) is 3.15. The van der Waals surface area contributed by atoms with Gasteiger partial charge in [-0.1, -0.05) is 24.3 Å². The van der Waals surface area contributed by atoms with Crippen LogP contribution in [0.15, 0.2) is 53.5 Å². The maximum Gasteiger partial charge on any atom is 0.278 e. The summed E-state index contributed by atoms with van der Waals surface area (Å²) in [6, 6.07) is 10.2. The lowest BCUT2D eigenvalue weighted by molar-refractivity contribution is -0.0197. The Hall–Kier alpha value is -3.96. The van der Waals surface area contributed by atoms with Gasteiger partial charge in [-0.25, -0.2) is 8.78 Å². The van der Waals surface area contributed by atoms with Crippen LogP contribution >= 0.6 is 0 Å². The van der Waals surface area contributed by atoms with Crippen LogP contribution in [0.25, 0.3) is 0 Å². The summed E-state index contributed by atoms with van der Waals surface area (Å²) in [6.07, 6.45) is 0.793. The third-order valence-corrected chi connectivity index (χ3v) is 7.90. The number of benzene rings is 2. The Bertz CT molecular complexity index is 1530. The number of anilines is 1. The number of amides is 1. The van der Waals surface area contributed by atoms with E-state index in [1.165, 1.54) is 16.9 Å². The Labute approximate surface area is 216 Å². The minimum atomic E-state index is -0.961. The molecular formula is C27H24F2N4O5. The standard InChI is InChI=1S/C27H24F2N4O5/c28-17-6-5-16-22(23(17)29)19-13-37-11-9-30(19)18-4-2-1-3-15(18)24(16)33-21-14-38-12-10-31(21)27(36)25-26(35)20(34)7-8-32(25)33/h1-8,19,21,24,35H,9-14H2. The number of rotatable bonds is 1. The number of carbonyl (C=O) groups is 1. The predicted octanol–water partition coefficient (Wildman–Crippen LogP) is 2.26. The molecule has 0 bridgehead atoms. The highest BCUT2D eigenvalue weighted by atomic mass is 19.2. The van der Waals surface area contributed by atoms with Gasteiger partial charge in [-0.2, -0.15) is 0 Å². The lowest BCUT2D eigenvalue weighted by atomic mass is 9.91. The molecule has 1 N–H and O–H groups in total. The number of aromatic nitrogens is 1. The van der Waals surface area contributed by atoms with Gasteiger partial charge in [0.2, 0.25) is 5.43 Å². The van der Waals surface area contributed by atoms with Crippen LogP contribution in [0.3, 0.4) is 0 Å². The maximum absolute atomic E-state index is 15.8. The summed E-state index contributed by atoms with van der Waals surface area (Å²) >= 11 is 0. The van der Waals surface area contributed by atoms with Crippen LogP contribution in [0.1, 0.15) is 39.3 Å². The maximum atomic E-state index is 15.8. The molecule has 0 radical (unpaired) electrons. The molecule has 3 atom stereocenters. The van der Waals surface area contributed by atoms with Crippen LogP contribution in [-0.2, 0) is 9.47 Å². The third-order valence-electron chi connectivity index (χ3n) is 7.90. The van der Waals surface area contributed by atoms with E-state index >= 15 is 4.39 Å². The van der Waals surface area contributed by atoms with Gasteiger partial charge in [0.15, 0.2) is 23.1 Å². The van der Waals surface area contributed by atoms with Crippen LogP contribution in [0.2, 0.25) is 0 Å². The first-order chi connectivity index (χ1) is 18.5. The fraction of sp³-hybridized carbons (Fsp3) is 0.333. The van der Waals surface area contributed by atoms with E-state index in [1.54, 1.807) is 11.0 Å². The van der Waals surface area contributed by atoms with E-state index in [1.807, 2.05) is 34.2 Å². The fourth-order valence-electron chi connectivity index (χ4n) is 6.25. The summed E-state index contributed by atoms with van der Waals surface area (Å²) in [6.45, 7) is 1.76. The second kappa shape index (κ2) is 8.53. The van der Waals surface area contributed by atoms with E-state index in [0.29, 0.717) is 25.3 Å². The number of pyridine rings is 1. The highest BCUT2D eigenvalue weighted by Gasteiger charge is 2.48. The summed E-state index contributed by atoms with van der Waals surface area (Å²) in [7, 11) is 0. The van der Waals surface area contributed by atoms with E-state index in [4.69, 9.17) is 9.47 Å². The zero-order chi connectivity index (χ0) is 26.1. The van der Waals surface area contributed by atoms with Crippen LogP contribution < -0.4 is 15.3 Å². The zero-order valence-electron chi connectivity index (χ0n) is 20.2. The van der Waals surface area contributed by atoms with Crippen molar-refractivity contribution >= 4 is 11.6 Å². The predicted molar refractivity (Wildman–Crippen MR) is 132 cm³/mol. The van der Waals surface area contributed by atoms with Gasteiger partial charge in [-0.15, -0.1) is 0 Å². The Morgan fingerprint density at radius 3 is 2.50 bits per heavy atom. The molecule has 2 saturated heterocycles. The second-order valence-electron chi connectivity index (χ2n) is 9.77. The molecule has 11 heteroatoms. The molecule has 4 aliphatic heterocycles. The minimum absolute atomic E-state index is 0.145.